The zero-order valence-corrected chi connectivity index (χ0v) is 12.4. The largest absolute Gasteiger partial charge is 0.309 e. The Labute approximate surface area is 123 Å². The van der Waals surface area contributed by atoms with Crippen molar-refractivity contribution >= 4 is 27.5 Å². The van der Waals surface area contributed by atoms with Gasteiger partial charge in [-0.3, -0.25) is 0 Å². The molecule has 0 radical (unpaired) electrons. The molecule has 0 spiro atoms. The molecular weight excluding hydrogens is 336 g/mol. The lowest BCUT2D eigenvalue weighted by Gasteiger charge is -2.20. The van der Waals surface area contributed by atoms with Gasteiger partial charge in [-0.2, -0.15) is 0 Å². The predicted molar refractivity (Wildman–Crippen MR) is 76.4 cm³/mol. The molecule has 2 aromatic carbocycles. The Kier molecular flexibility index (Phi) is 4.55. The lowest BCUT2D eigenvalue weighted by Crippen LogP contribution is -2.20. The van der Waals surface area contributed by atoms with Crippen LogP contribution >= 0.6 is 27.5 Å². The topological polar surface area (TPSA) is 12.0 Å². The van der Waals surface area contributed by atoms with Crippen molar-refractivity contribution < 1.29 is 8.78 Å². The SMILES string of the molecule is CNC(c1cc(F)ccc1Cl)c1c(F)cccc1Br. The predicted octanol–water partition coefficient (Wildman–Crippen LogP) is 4.69. The number of halogens is 4. The quantitative estimate of drug-likeness (QED) is 0.850. The van der Waals surface area contributed by atoms with E-state index in [1.807, 2.05) is 0 Å². The summed E-state index contributed by atoms with van der Waals surface area (Å²) in [5.74, 6) is -0.791. The number of nitrogens with one attached hydrogen (secondary N) is 1. The van der Waals surface area contributed by atoms with E-state index in [1.165, 1.54) is 24.3 Å². The van der Waals surface area contributed by atoms with E-state index in [0.29, 0.717) is 20.6 Å². The van der Waals surface area contributed by atoms with Crippen LogP contribution in [-0.2, 0) is 0 Å². The third-order valence-corrected chi connectivity index (χ3v) is 3.88. The smallest absolute Gasteiger partial charge is 0.129 e. The maximum absolute atomic E-state index is 14.0. The molecule has 1 atom stereocenters. The second kappa shape index (κ2) is 5.99. The third-order valence-electron chi connectivity index (χ3n) is 2.85. The van der Waals surface area contributed by atoms with Gasteiger partial charge in [0.2, 0.25) is 0 Å². The van der Waals surface area contributed by atoms with Crippen LogP contribution in [0.5, 0.6) is 0 Å². The van der Waals surface area contributed by atoms with Crippen molar-refractivity contribution in [3.8, 4) is 0 Å². The summed E-state index contributed by atoms with van der Waals surface area (Å²) in [5.41, 5.74) is 0.896. The molecule has 0 bridgehead atoms. The van der Waals surface area contributed by atoms with E-state index in [-0.39, 0.29) is 5.82 Å². The average Bonchev–Trinajstić information content (AvgIpc) is 2.37. The zero-order valence-electron chi connectivity index (χ0n) is 10.1. The molecule has 19 heavy (non-hydrogen) atoms. The molecule has 1 nitrogen and oxygen atoms in total. The molecule has 1 N–H and O–H groups in total. The molecule has 0 aliphatic rings. The van der Waals surface area contributed by atoms with Crippen LogP contribution in [0.4, 0.5) is 8.78 Å². The Morgan fingerprint density at radius 3 is 2.58 bits per heavy atom. The van der Waals surface area contributed by atoms with Gasteiger partial charge in [0.1, 0.15) is 11.6 Å². The van der Waals surface area contributed by atoms with E-state index in [2.05, 4.69) is 21.2 Å². The number of hydrogen-bond acceptors (Lipinski definition) is 1. The lowest BCUT2D eigenvalue weighted by atomic mass is 9.98. The minimum absolute atomic E-state index is 0.381. The van der Waals surface area contributed by atoms with E-state index in [1.54, 1.807) is 19.2 Å². The van der Waals surface area contributed by atoms with Crippen molar-refractivity contribution in [1.29, 1.82) is 0 Å². The highest BCUT2D eigenvalue weighted by Gasteiger charge is 2.21. The Bertz CT molecular complexity index is 584. The van der Waals surface area contributed by atoms with Crippen LogP contribution in [0.25, 0.3) is 0 Å². The van der Waals surface area contributed by atoms with E-state index >= 15 is 0 Å². The van der Waals surface area contributed by atoms with Crippen molar-refractivity contribution in [1.82, 2.24) is 5.32 Å². The van der Waals surface area contributed by atoms with E-state index in [0.717, 1.165) is 0 Å². The lowest BCUT2D eigenvalue weighted by molar-refractivity contribution is 0.569. The van der Waals surface area contributed by atoms with Gasteiger partial charge in [-0.15, -0.1) is 0 Å². The molecule has 5 heteroatoms. The molecule has 2 rings (SSSR count). The standard InChI is InChI=1S/C14H11BrClF2N/c1-19-14(9-7-8(17)5-6-11(9)16)13-10(15)3-2-4-12(13)18/h2-7,14,19H,1H3. The van der Waals surface area contributed by atoms with Gasteiger partial charge in [0.15, 0.2) is 0 Å². The first-order valence-corrected chi connectivity index (χ1v) is 6.77. The van der Waals surface area contributed by atoms with Gasteiger partial charge in [0.25, 0.3) is 0 Å². The highest BCUT2D eigenvalue weighted by molar-refractivity contribution is 9.10. The van der Waals surface area contributed by atoms with Gasteiger partial charge < -0.3 is 5.32 Å². The summed E-state index contributed by atoms with van der Waals surface area (Å²) in [7, 11) is 1.67. The molecule has 0 amide bonds. The Hall–Kier alpha value is -0.970. The first kappa shape index (κ1) is 14.4. The van der Waals surface area contributed by atoms with Gasteiger partial charge >= 0.3 is 0 Å². The van der Waals surface area contributed by atoms with Crippen LogP contribution in [0.3, 0.4) is 0 Å². The molecule has 0 aliphatic carbocycles. The first-order valence-electron chi connectivity index (χ1n) is 5.60. The molecule has 0 fully saturated rings. The van der Waals surface area contributed by atoms with Gasteiger partial charge in [0, 0.05) is 15.1 Å². The van der Waals surface area contributed by atoms with Crippen LogP contribution < -0.4 is 5.32 Å². The highest BCUT2D eigenvalue weighted by Crippen LogP contribution is 2.34. The number of hydrogen-bond donors (Lipinski definition) is 1. The second-order valence-electron chi connectivity index (χ2n) is 4.02. The third kappa shape index (κ3) is 2.96. The van der Waals surface area contributed by atoms with Crippen LogP contribution in [0.1, 0.15) is 17.2 Å². The molecule has 2 aromatic rings. The summed E-state index contributed by atoms with van der Waals surface area (Å²) in [4.78, 5) is 0. The van der Waals surface area contributed by atoms with E-state index in [4.69, 9.17) is 11.6 Å². The normalized spacial score (nSPS) is 12.5. The molecule has 0 saturated heterocycles. The number of rotatable bonds is 3. The van der Waals surface area contributed by atoms with Gasteiger partial charge in [-0.1, -0.05) is 33.6 Å². The minimum Gasteiger partial charge on any atom is -0.309 e. The highest BCUT2D eigenvalue weighted by atomic mass is 79.9. The average molecular weight is 347 g/mol. The fourth-order valence-corrected chi connectivity index (χ4v) is 2.78. The van der Waals surface area contributed by atoms with Crippen molar-refractivity contribution in [2.24, 2.45) is 0 Å². The van der Waals surface area contributed by atoms with E-state index in [9.17, 15) is 8.78 Å². The summed E-state index contributed by atoms with van der Waals surface area (Å²) in [6.07, 6.45) is 0. The van der Waals surface area contributed by atoms with Crippen molar-refractivity contribution in [3.05, 3.63) is 68.7 Å². The summed E-state index contributed by atoms with van der Waals surface area (Å²) < 4.78 is 28.0. The van der Waals surface area contributed by atoms with Gasteiger partial charge in [-0.25, -0.2) is 8.78 Å². The molecular formula is C14H11BrClF2N. The fraction of sp³-hybridized carbons (Fsp3) is 0.143. The molecule has 0 aromatic heterocycles. The molecule has 100 valence electrons. The van der Waals surface area contributed by atoms with Crippen molar-refractivity contribution in [3.63, 3.8) is 0 Å². The van der Waals surface area contributed by atoms with E-state index < -0.39 is 11.9 Å². The maximum Gasteiger partial charge on any atom is 0.129 e. The van der Waals surface area contributed by atoms with Crippen LogP contribution in [-0.4, -0.2) is 7.05 Å². The van der Waals surface area contributed by atoms with Crippen LogP contribution in [0.2, 0.25) is 5.02 Å². The maximum atomic E-state index is 14.0. The molecule has 0 heterocycles. The first-order chi connectivity index (χ1) is 9.04. The minimum atomic E-state index is -0.529. The number of benzene rings is 2. The summed E-state index contributed by atoms with van der Waals surface area (Å²) >= 11 is 9.39. The van der Waals surface area contributed by atoms with Gasteiger partial charge in [-0.05, 0) is 42.9 Å². The Morgan fingerprint density at radius 2 is 1.95 bits per heavy atom. The zero-order chi connectivity index (χ0) is 14.0. The molecule has 0 aliphatic heterocycles. The van der Waals surface area contributed by atoms with Crippen molar-refractivity contribution in [2.75, 3.05) is 7.05 Å². The van der Waals surface area contributed by atoms with Crippen LogP contribution in [0.15, 0.2) is 40.9 Å². The second-order valence-corrected chi connectivity index (χ2v) is 5.28. The molecule has 1 unspecified atom stereocenters. The van der Waals surface area contributed by atoms with Gasteiger partial charge in [0.05, 0.1) is 6.04 Å². The monoisotopic (exact) mass is 345 g/mol. The summed E-state index contributed by atoms with van der Waals surface area (Å²) in [6.45, 7) is 0. The Morgan fingerprint density at radius 1 is 1.21 bits per heavy atom. The summed E-state index contributed by atoms with van der Waals surface area (Å²) in [5, 5.41) is 3.35. The molecule has 0 saturated carbocycles. The summed E-state index contributed by atoms with van der Waals surface area (Å²) in [6, 6.07) is 8.21. The fourth-order valence-electron chi connectivity index (χ4n) is 1.98. The van der Waals surface area contributed by atoms with Crippen molar-refractivity contribution in [2.45, 2.75) is 6.04 Å². The van der Waals surface area contributed by atoms with Crippen LogP contribution in [0, 0.1) is 11.6 Å². The Balaban J connectivity index is 2.59.